The highest BCUT2D eigenvalue weighted by Crippen LogP contribution is 2.45. The van der Waals surface area contributed by atoms with Crippen molar-refractivity contribution in [3.63, 3.8) is 0 Å². The van der Waals surface area contributed by atoms with Gasteiger partial charge in [0.25, 0.3) is 5.69 Å². The Labute approximate surface area is 128 Å². The van der Waals surface area contributed by atoms with Crippen LogP contribution in [0.1, 0.15) is 59.4 Å². The van der Waals surface area contributed by atoms with Crippen LogP contribution in [-0.4, -0.2) is 18.0 Å². The van der Waals surface area contributed by atoms with E-state index in [1.807, 2.05) is 13.1 Å². The second-order valence-electron chi connectivity index (χ2n) is 6.32. The third-order valence-electron chi connectivity index (χ3n) is 4.60. The summed E-state index contributed by atoms with van der Waals surface area (Å²) in [6.07, 6.45) is 4.08. The minimum atomic E-state index is -0.343. The summed E-state index contributed by atoms with van der Waals surface area (Å²) in [7, 11) is 1.99. The first-order valence-electron chi connectivity index (χ1n) is 7.79. The normalized spacial score (nSPS) is 18.8. The van der Waals surface area contributed by atoms with Crippen molar-refractivity contribution in [2.75, 3.05) is 11.9 Å². The summed E-state index contributed by atoms with van der Waals surface area (Å²) in [5, 5.41) is 10.7. The van der Waals surface area contributed by atoms with Crippen molar-refractivity contribution < 1.29 is 4.92 Å². The molecule has 4 nitrogen and oxygen atoms in total. The Morgan fingerprint density at radius 3 is 2.29 bits per heavy atom. The maximum Gasteiger partial charge on any atom is 0.271 e. The Hall–Kier alpha value is -1.58. The van der Waals surface area contributed by atoms with Crippen LogP contribution in [0.25, 0.3) is 0 Å². The minimum absolute atomic E-state index is 0.0409. The first kappa shape index (κ1) is 17.5. The molecule has 1 aromatic carbocycles. The van der Waals surface area contributed by atoms with Gasteiger partial charge in [-0.2, -0.15) is 0 Å². The molecule has 0 fully saturated rings. The molecule has 0 saturated carbocycles. The van der Waals surface area contributed by atoms with Crippen LogP contribution in [-0.2, 0) is 5.41 Å². The summed E-state index contributed by atoms with van der Waals surface area (Å²) >= 11 is 0. The molecule has 2 rings (SSSR count). The fraction of sp³-hybridized carbons (Fsp3) is 0.647. The van der Waals surface area contributed by atoms with E-state index < -0.39 is 0 Å². The third kappa shape index (κ3) is 3.55. The van der Waals surface area contributed by atoms with Crippen LogP contribution in [0.5, 0.6) is 0 Å². The number of rotatable bonds is 3. The molecule has 0 spiro atoms. The Balaban J connectivity index is 0.000000383. The van der Waals surface area contributed by atoms with Crippen LogP contribution in [0.3, 0.4) is 0 Å². The number of likely N-dealkylation sites (N-methyl/N-ethyl adjacent to an activating group) is 1. The number of fused-ring (bicyclic) bond motifs is 1. The topological polar surface area (TPSA) is 46.4 Å². The molecular weight excluding hydrogens is 264 g/mol. The number of benzene rings is 1. The van der Waals surface area contributed by atoms with E-state index in [0.29, 0.717) is 6.04 Å². The monoisotopic (exact) mass is 292 g/mol. The Morgan fingerprint density at radius 1 is 1.29 bits per heavy atom. The number of non-ortho nitro benzene ring substituents is 1. The Bertz CT molecular complexity index is 496. The first-order chi connectivity index (χ1) is 9.77. The fourth-order valence-corrected chi connectivity index (χ4v) is 2.74. The second-order valence-corrected chi connectivity index (χ2v) is 6.32. The lowest BCUT2D eigenvalue weighted by atomic mass is 9.81. The summed E-state index contributed by atoms with van der Waals surface area (Å²) in [6.45, 7) is 10.9. The van der Waals surface area contributed by atoms with Gasteiger partial charge in [0.1, 0.15) is 0 Å². The third-order valence-corrected chi connectivity index (χ3v) is 4.60. The summed E-state index contributed by atoms with van der Waals surface area (Å²) in [5.41, 5.74) is 2.37. The van der Waals surface area contributed by atoms with Gasteiger partial charge in [0.05, 0.1) is 4.92 Å². The molecule has 118 valence electrons. The van der Waals surface area contributed by atoms with E-state index >= 15 is 0 Å². The van der Waals surface area contributed by atoms with Crippen molar-refractivity contribution in [1.82, 2.24) is 0 Å². The number of hydrogen-bond donors (Lipinski definition) is 0. The quantitative estimate of drug-likeness (QED) is 0.587. The lowest BCUT2D eigenvalue weighted by Crippen LogP contribution is -2.36. The standard InChI is InChI=1S/C12H16N2O2.C5H12/c1-8-12(2,3)10-6-5-9(14(15)16)7-11(10)13(8)4;1-3-5-4-2/h5-8H,1-4H3;3-5H2,1-2H3. The molecule has 21 heavy (non-hydrogen) atoms. The molecule has 0 radical (unpaired) electrons. The lowest BCUT2D eigenvalue weighted by Gasteiger charge is -2.28. The van der Waals surface area contributed by atoms with Gasteiger partial charge in [-0.15, -0.1) is 0 Å². The van der Waals surface area contributed by atoms with Crippen LogP contribution >= 0.6 is 0 Å². The van der Waals surface area contributed by atoms with Crippen molar-refractivity contribution in [2.24, 2.45) is 0 Å². The average Bonchev–Trinajstić information content (AvgIpc) is 2.62. The zero-order valence-electron chi connectivity index (χ0n) is 14.1. The summed E-state index contributed by atoms with van der Waals surface area (Å²) in [4.78, 5) is 12.5. The van der Waals surface area contributed by atoms with Gasteiger partial charge in [0.2, 0.25) is 0 Å². The maximum absolute atomic E-state index is 10.7. The molecule has 0 N–H and O–H groups in total. The van der Waals surface area contributed by atoms with Gasteiger partial charge < -0.3 is 4.90 Å². The molecule has 1 aromatic rings. The minimum Gasteiger partial charge on any atom is -0.371 e. The molecule has 1 unspecified atom stereocenters. The van der Waals surface area contributed by atoms with Crippen molar-refractivity contribution in [2.45, 2.75) is 65.3 Å². The summed E-state index contributed by atoms with van der Waals surface area (Å²) < 4.78 is 0. The summed E-state index contributed by atoms with van der Waals surface area (Å²) in [6, 6.07) is 5.49. The molecule has 1 atom stereocenters. The predicted molar refractivity (Wildman–Crippen MR) is 89.2 cm³/mol. The van der Waals surface area contributed by atoms with Crippen LogP contribution in [0.2, 0.25) is 0 Å². The number of nitro benzene ring substituents is 1. The highest BCUT2D eigenvalue weighted by Gasteiger charge is 2.40. The number of unbranched alkanes of at least 4 members (excludes halogenated alkanes) is 2. The average molecular weight is 292 g/mol. The molecule has 1 heterocycles. The molecule has 0 aromatic heterocycles. The molecular formula is C17H28N2O2. The molecule has 0 aliphatic carbocycles. The van der Waals surface area contributed by atoms with Gasteiger partial charge >= 0.3 is 0 Å². The van der Waals surface area contributed by atoms with E-state index in [9.17, 15) is 10.1 Å². The van der Waals surface area contributed by atoms with E-state index in [2.05, 4.69) is 39.5 Å². The van der Waals surface area contributed by atoms with E-state index in [4.69, 9.17) is 0 Å². The van der Waals surface area contributed by atoms with E-state index in [1.165, 1.54) is 24.8 Å². The highest BCUT2D eigenvalue weighted by molar-refractivity contribution is 5.66. The number of nitrogens with zero attached hydrogens (tertiary/aromatic N) is 2. The Kier molecular flexibility index (Phi) is 5.76. The van der Waals surface area contributed by atoms with Gasteiger partial charge in [-0.05, 0) is 18.6 Å². The van der Waals surface area contributed by atoms with Crippen molar-refractivity contribution in [1.29, 1.82) is 0 Å². The second kappa shape index (κ2) is 6.92. The highest BCUT2D eigenvalue weighted by atomic mass is 16.6. The first-order valence-corrected chi connectivity index (χ1v) is 7.79. The molecule has 0 amide bonds. The van der Waals surface area contributed by atoms with Crippen LogP contribution in [0, 0.1) is 10.1 Å². The van der Waals surface area contributed by atoms with Crippen molar-refractivity contribution in [3.05, 3.63) is 33.9 Å². The molecule has 1 aliphatic rings. The smallest absolute Gasteiger partial charge is 0.271 e. The number of anilines is 1. The molecule has 1 aliphatic heterocycles. The molecule has 4 heteroatoms. The molecule has 0 saturated heterocycles. The zero-order chi connectivity index (χ0) is 16.2. The Morgan fingerprint density at radius 2 is 1.86 bits per heavy atom. The van der Waals surface area contributed by atoms with Crippen molar-refractivity contribution in [3.8, 4) is 0 Å². The van der Waals surface area contributed by atoms with Gasteiger partial charge in [0.15, 0.2) is 0 Å². The zero-order valence-corrected chi connectivity index (χ0v) is 14.1. The fourth-order valence-electron chi connectivity index (χ4n) is 2.74. The number of nitro groups is 1. The summed E-state index contributed by atoms with van der Waals surface area (Å²) in [5.74, 6) is 0. The SMILES string of the molecule is CC1N(C)c2cc([N+](=O)[O-])ccc2C1(C)C.CCCCC. The van der Waals surface area contributed by atoms with Crippen LogP contribution in [0.15, 0.2) is 18.2 Å². The van der Waals surface area contributed by atoms with Gasteiger partial charge in [-0.25, -0.2) is 0 Å². The van der Waals surface area contributed by atoms with Crippen molar-refractivity contribution >= 4 is 11.4 Å². The van der Waals surface area contributed by atoms with E-state index in [1.54, 1.807) is 12.1 Å². The number of hydrogen-bond acceptors (Lipinski definition) is 3. The largest absolute Gasteiger partial charge is 0.371 e. The van der Waals surface area contributed by atoms with Gasteiger partial charge in [-0.3, -0.25) is 10.1 Å². The van der Waals surface area contributed by atoms with Crippen LogP contribution < -0.4 is 4.90 Å². The lowest BCUT2D eigenvalue weighted by molar-refractivity contribution is -0.384. The van der Waals surface area contributed by atoms with E-state index in [-0.39, 0.29) is 16.0 Å². The van der Waals surface area contributed by atoms with Gasteiger partial charge in [0, 0.05) is 36.3 Å². The van der Waals surface area contributed by atoms with Crippen LogP contribution in [0.4, 0.5) is 11.4 Å². The van der Waals surface area contributed by atoms with E-state index in [0.717, 1.165) is 5.69 Å². The van der Waals surface area contributed by atoms with Gasteiger partial charge in [-0.1, -0.05) is 47.0 Å². The molecule has 0 bridgehead atoms. The maximum atomic E-state index is 10.7. The predicted octanol–water partition coefficient (Wildman–Crippen LogP) is 4.91.